The number of hydrogen-bond donors (Lipinski definition) is 1. The molecule has 1 aromatic heterocycles. The first-order valence-corrected chi connectivity index (χ1v) is 7.46. The summed E-state index contributed by atoms with van der Waals surface area (Å²) in [5.41, 5.74) is 2.25. The van der Waals surface area contributed by atoms with Crippen molar-refractivity contribution in [3.05, 3.63) is 22.7 Å². The molecule has 1 aliphatic rings. The lowest BCUT2D eigenvalue weighted by Crippen LogP contribution is -2.27. The van der Waals surface area contributed by atoms with Crippen molar-refractivity contribution in [1.29, 1.82) is 0 Å². The van der Waals surface area contributed by atoms with Gasteiger partial charge in [-0.1, -0.05) is 29.0 Å². The molecule has 0 unspecified atom stereocenters. The minimum Gasteiger partial charge on any atom is -0.347 e. The van der Waals surface area contributed by atoms with E-state index in [0.717, 1.165) is 46.5 Å². The average Bonchev–Trinajstić information content (AvgIpc) is 2.65. The van der Waals surface area contributed by atoms with Crippen molar-refractivity contribution < 1.29 is 0 Å². The smallest absolute Gasteiger partial charge is 0.186 e. The van der Waals surface area contributed by atoms with Crippen LogP contribution >= 0.6 is 22.9 Å². The van der Waals surface area contributed by atoms with Crippen molar-refractivity contribution in [2.75, 3.05) is 31.1 Å². The lowest BCUT2D eigenvalue weighted by atomic mass is 10.2. The first kappa shape index (κ1) is 12.2. The Bertz CT molecular complexity index is 520. The van der Waals surface area contributed by atoms with E-state index in [2.05, 4.69) is 17.1 Å². The lowest BCUT2D eigenvalue weighted by molar-refractivity contribution is 0.724. The third kappa shape index (κ3) is 2.20. The normalized spacial score (nSPS) is 17.1. The van der Waals surface area contributed by atoms with E-state index in [-0.39, 0.29) is 0 Å². The van der Waals surface area contributed by atoms with Crippen LogP contribution in [0.25, 0.3) is 10.2 Å². The largest absolute Gasteiger partial charge is 0.347 e. The number of aryl methyl sites for hydroxylation is 1. The number of benzene rings is 1. The molecule has 0 atom stereocenters. The first-order valence-electron chi connectivity index (χ1n) is 6.27. The van der Waals surface area contributed by atoms with Crippen LogP contribution in [0, 0.1) is 6.92 Å². The van der Waals surface area contributed by atoms with Crippen LogP contribution in [0.4, 0.5) is 5.13 Å². The van der Waals surface area contributed by atoms with E-state index in [0.29, 0.717) is 0 Å². The van der Waals surface area contributed by atoms with E-state index in [4.69, 9.17) is 16.6 Å². The molecule has 1 fully saturated rings. The molecule has 0 saturated carbocycles. The molecule has 1 saturated heterocycles. The Morgan fingerprint density at radius 3 is 3.06 bits per heavy atom. The zero-order valence-electron chi connectivity index (χ0n) is 10.4. The Hall–Kier alpha value is -0.840. The summed E-state index contributed by atoms with van der Waals surface area (Å²) in [6, 6.07) is 4.00. The van der Waals surface area contributed by atoms with E-state index in [1.54, 1.807) is 11.3 Å². The van der Waals surface area contributed by atoms with Gasteiger partial charge in [-0.25, -0.2) is 4.98 Å². The second-order valence-electron chi connectivity index (χ2n) is 4.63. The van der Waals surface area contributed by atoms with Gasteiger partial charge in [-0.15, -0.1) is 0 Å². The fourth-order valence-corrected chi connectivity index (χ4v) is 3.63. The summed E-state index contributed by atoms with van der Waals surface area (Å²) in [6.07, 6.45) is 1.17. The van der Waals surface area contributed by atoms with E-state index in [1.165, 1.54) is 12.0 Å². The molecule has 18 heavy (non-hydrogen) atoms. The van der Waals surface area contributed by atoms with Gasteiger partial charge in [0.05, 0.1) is 15.2 Å². The number of nitrogens with one attached hydrogen (secondary N) is 1. The Kier molecular flexibility index (Phi) is 3.41. The standard InChI is InChI=1S/C13H16ClN3S/c1-9-3-4-10(14)12-11(9)16-13(18-12)17-7-2-5-15-6-8-17/h3-4,15H,2,5-8H2,1H3. The van der Waals surface area contributed by atoms with Crippen molar-refractivity contribution in [1.82, 2.24) is 10.3 Å². The van der Waals surface area contributed by atoms with Crippen molar-refractivity contribution in [3.63, 3.8) is 0 Å². The maximum absolute atomic E-state index is 6.25. The molecule has 0 aliphatic carbocycles. The average molecular weight is 282 g/mol. The Morgan fingerprint density at radius 2 is 2.22 bits per heavy atom. The highest BCUT2D eigenvalue weighted by molar-refractivity contribution is 7.22. The number of anilines is 1. The highest BCUT2D eigenvalue weighted by atomic mass is 35.5. The van der Waals surface area contributed by atoms with Crippen molar-refractivity contribution in [3.8, 4) is 0 Å². The third-order valence-electron chi connectivity index (χ3n) is 3.30. The van der Waals surface area contributed by atoms with Gasteiger partial charge in [-0.2, -0.15) is 0 Å². The second kappa shape index (κ2) is 5.03. The molecule has 0 amide bonds. The molecule has 0 bridgehead atoms. The van der Waals surface area contributed by atoms with Crippen LogP contribution in [-0.4, -0.2) is 31.2 Å². The molecule has 1 aliphatic heterocycles. The van der Waals surface area contributed by atoms with Gasteiger partial charge >= 0.3 is 0 Å². The van der Waals surface area contributed by atoms with Gasteiger partial charge in [0.15, 0.2) is 5.13 Å². The van der Waals surface area contributed by atoms with Gasteiger partial charge in [-0.05, 0) is 31.5 Å². The van der Waals surface area contributed by atoms with Crippen LogP contribution in [-0.2, 0) is 0 Å². The summed E-state index contributed by atoms with van der Waals surface area (Å²) in [5.74, 6) is 0. The fourth-order valence-electron chi connectivity index (χ4n) is 2.26. The number of aromatic nitrogens is 1. The summed E-state index contributed by atoms with van der Waals surface area (Å²) in [6.45, 7) is 6.32. The maximum Gasteiger partial charge on any atom is 0.186 e. The summed E-state index contributed by atoms with van der Waals surface area (Å²) in [4.78, 5) is 7.13. The fraction of sp³-hybridized carbons (Fsp3) is 0.462. The Balaban J connectivity index is 2.02. The number of halogens is 1. The van der Waals surface area contributed by atoms with Gasteiger partial charge in [0.2, 0.25) is 0 Å². The van der Waals surface area contributed by atoms with Crippen molar-refractivity contribution in [2.45, 2.75) is 13.3 Å². The summed E-state index contributed by atoms with van der Waals surface area (Å²) in [5, 5.41) is 5.33. The maximum atomic E-state index is 6.25. The van der Waals surface area contributed by atoms with Gasteiger partial charge < -0.3 is 10.2 Å². The SMILES string of the molecule is Cc1ccc(Cl)c2sc(N3CCCNCC3)nc12. The molecular formula is C13H16ClN3S. The van der Waals surface area contributed by atoms with Crippen LogP contribution in [0.1, 0.15) is 12.0 Å². The van der Waals surface area contributed by atoms with E-state index in [9.17, 15) is 0 Å². The minimum atomic E-state index is 0.812. The quantitative estimate of drug-likeness (QED) is 0.871. The molecule has 2 heterocycles. The lowest BCUT2D eigenvalue weighted by Gasteiger charge is -2.17. The van der Waals surface area contributed by atoms with Crippen LogP contribution in [0.5, 0.6) is 0 Å². The van der Waals surface area contributed by atoms with E-state index >= 15 is 0 Å². The number of thiazole rings is 1. The number of fused-ring (bicyclic) bond motifs is 1. The highest BCUT2D eigenvalue weighted by Gasteiger charge is 2.16. The van der Waals surface area contributed by atoms with Crippen LogP contribution in [0.2, 0.25) is 5.02 Å². The molecule has 0 spiro atoms. The van der Waals surface area contributed by atoms with Crippen molar-refractivity contribution in [2.24, 2.45) is 0 Å². The van der Waals surface area contributed by atoms with Crippen LogP contribution < -0.4 is 10.2 Å². The van der Waals surface area contributed by atoms with Crippen LogP contribution in [0.3, 0.4) is 0 Å². The van der Waals surface area contributed by atoms with Crippen LogP contribution in [0.15, 0.2) is 12.1 Å². The molecule has 0 radical (unpaired) electrons. The summed E-state index contributed by atoms with van der Waals surface area (Å²) >= 11 is 7.96. The summed E-state index contributed by atoms with van der Waals surface area (Å²) in [7, 11) is 0. The number of rotatable bonds is 1. The molecule has 1 N–H and O–H groups in total. The zero-order valence-corrected chi connectivity index (χ0v) is 11.9. The predicted octanol–water partition coefficient (Wildman–Crippen LogP) is 3.06. The van der Waals surface area contributed by atoms with Gasteiger partial charge in [0.25, 0.3) is 0 Å². The molecule has 96 valence electrons. The second-order valence-corrected chi connectivity index (χ2v) is 6.01. The van der Waals surface area contributed by atoms with Gasteiger partial charge in [0, 0.05) is 19.6 Å². The first-order chi connectivity index (χ1) is 8.75. The molecule has 2 aromatic rings. The zero-order chi connectivity index (χ0) is 12.5. The van der Waals surface area contributed by atoms with E-state index < -0.39 is 0 Å². The topological polar surface area (TPSA) is 28.2 Å². The van der Waals surface area contributed by atoms with E-state index in [1.807, 2.05) is 12.1 Å². The molecule has 5 heteroatoms. The third-order valence-corrected chi connectivity index (χ3v) is 4.87. The highest BCUT2D eigenvalue weighted by Crippen LogP contribution is 2.35. The molecule has 3 nitrogen and oxygen atoms in total. The Labute approximate surface area is 116 Å². The van der Waals surface area contributed by atoms with Crippen molar-refractivity contribution >= 4 is 38.3 Å². The Morgan fingerprint density at radius 1 is 1.33 bits per heavy atom. The number of nitrogens with zero attached hydrogens (tertiary/aromatic N) is 2. The molecular weight excluding hydrogens is 266 g/mol. The minimum absolute atomic E-state index is 0.812. The number of hydrogen-bond acceptors (Lipinski definition) is 4. The van der Waals surface area contributed by atoms with Gasteiger partial charge in [0.1, 0.15) is 0 Å². The molecule has 3 rings (SSSR count). The van der Waals surface area contributed by atoms with Gasteiger partial charge in [-0.3, -0.25) is 0 Å². The summed E-state index contributed by atoms with van der Waals surface area (Å²) < 4.78 is 1.11. The molecule has 1 aromatic carbocycles. The monoisotopic (exact) mass is 281 g/mol. The predicted molar refractivity (Wildman–Crippen MR) is 79.1 cm³/mol.